The molecule has 1 aliphatic rings. The van der Waals surface area contributed by atoms with E-state index in [2.05, 4.69) is 5.32 Å². The average Bonchev–Trinajstić information content (AvgIpc) is 2.38. The number of methoxy groups -OCH3 is 1. The van der Waals surface area contributed by atoms with Crippen molar-refractivity contribution >= 4 is 0 Å². The van der Waals surface area contributed by atoms with Gasteiger partial charge in [-0.3, -0.25) is 0 Å². The SMILES string of the molecule is COc1c(F)cc(C(C)F)cc1C1CNCCO1. The standard InChI is InChI=1S/C13H17F2NO2/c1-8(14)9-5-10(12-7-16-3-4-18-12)13(17-2)11(15)6-9/h5-6,8,12,16H,3-4,7H2,1-2H3. The summed E-state index contributed by atoms with van der Waals surface area (Å²) in [5.41, 5.74) is 0.863. The third kappa shape index (κ3) is 2.62. The van der Waals surface area contributed by atoms with Crippen molar-refractivity contribution < 1.29 is 18.3 Å². The molecular formula is C13H17F2NO2. The molecule has 1 saturated heterocycles. The molecule has 1 N–H and O–H groups in total. The Morgan fingerprint density at radius 1 is 1.50 bits per heavy atom. The highest BCUT2D eigenvalue weighted by molar-refractivity contribution is 5.41. The number of benzene rings is 1. The van der Waals surface area contributed by atoms with Crippen LogP contribution in [0.1, 0.15) is 30.3 Å². The van der Waals surface area contributed by atoms with E-state index in [0.717, 1.165) is 6.54 Å². The minimum Gasteiger partial charge on any atom is -0.493 e. The maximum Gasteiger partial charge on any atom is 0.165 e. The minimum atomic E-state index is -1.22. The number of halogens is 2. The Morgan fingerprint density at radius 3 is 2.83 bits per heavy atom. The molecule has 1 aromatic rings. The highest BCUT2D eigenvalue weighted by Gasteiger charge is 2.23. The first-order chi connectivity index (χ1) is 8.63. The molecule has 0 aromatic heterocycles. The molecule has 1 aromatic carbocycles. The van der Waals surface area contributed by atoms with Gasteiger partial charge in [0.25, 0.3) is 0 Å². The number of hydrogen-bond donors (Lipinski definition) is 1. The van der Waals surface area contributed by atoms with Gasteiger partial charge < -0.3 is 14.8 Å². The van der Waals surface area contributed by atoms with Gasteiger partial charge in [0, 0.05) is 18.7 Å². The molecule has 0 spiro atoms. The van der Waals surface area contributed by atoms with Gasteiger partial charge in [-0.25, -0.2) is 8.78 Å². The van der Waals surface area contributed by atoms with Crippen LogP contribution in [0.5, 0.6) is 5.75 Å². The fourth-order valence-electron chi connectivity index (χ4n) is 2.09. The molecular weight excluding hydrogens is 240 g/mol. The molecule has 2 unspecified atom stereocenters. The van der Waals surface area contributed by atoms with Gasteiger partial charge in [-0.15, -0.1) is 0 Å². The first kappa shape index (κ1) is 13.2. The summed E-state index contributed by atoms with van der Waals surface area (Å²) < 4.78 is 37.8. The molecule has 1 aliphatic heterocycles. The fraction of sp³-hybridized carbons (Fsp3) is 0.538. The number of hydrogen-bond acceptors (Lipinski definition) is 3. The van der Waals surface area contributed by atoms with Gasteiger partial charge in [-0.05, 0) is 24.6 Å². The summed E-state index contributed by atoms with van der Waals surface area (Å²) >= 11 is 0. The Kier molecular flexibility index (Phi) is 4.14. The maximum atomic E-state index is 13.9. The molecule has 2 atom stereocenters. The summed E-state index contributed by atoms with van der Waals surface area (Å²) in [6, 6.07) is 2.79. The fourth-order valence-corrected chi connectivity index (χ4v) is 2.09. The lowest BCUT2D eigenvalue weighted by Crippen LogP contribution is -2.33. The topological polar surface area (TPSA) is 30.5 Å². The Morgan fingerprint density at radius 2 is 2.28 bits per heavy atom. The van der Waals surface area contributed by atoms with Gasteiger partial charge in [0.1, 0.15) is 6.17 Å². The van der Waals surface area contributed by atoms with E-state index < -0.39 is 12.0 Å². The Hall–Kier alpha value is -1.20. The van der Waals surface area contributed by atoms with Gasteiger partial charge in [-0.1, -0.05) is 0 Å². The van der Waals surface area contributed by atoms with Crippen LogP contribution in [0.3, 0.4) is 0 Å². The highest BCUT2D eigenvalue weighted by Crippen LogP contribution is 2.34. The third-order valence-corrected chi connectivity index (χ3v) is 3.03. The molecule has 0 aliphatic carbocycles. The van der Waals surface area contributed by atoms with Gasteiger partial charge in [0.15, 0.2) is 11.6 Å². The molecule has 18 heavy (non-hydrogen) atoms. The maximum absolute atomic E-state index is 13.9. The van der Waals surface area contributed by atoms with Crippen molar-refractivity contribution in [2.24, 2.45) is 0 Å². The van der Waals surface area contributed by atoms with E-state index in [1.54, 1.807) is 6.07 Å². The van der Waals surface area contributed by atoms with Crippen LogP contribution >= 0.6 is 0 Å². The monoisotopic (exact) mass is 257 g/mol. The van der Waals surface area contributed by atoms with Gasteiger partial charge >= 0.3 is 0 Å². The average molecular weight is 257 g/mol. The van der Waals surface area contributed by atoms with E-state index in [4.69, 9.17) is 9.47 Å². The highest BCUT2D eigenvalue weighted by atomic mass is 19.1. The molecule has 1 heterocycles. The van der Waals surface area contributed by atoms with Crippen LogP contribution < -0.4 is 10.1 Å². The Bertz CT molecular complexity index is 418. The Labute approximate surface area is 105 Å². The molecule has 2 rings (SSSR count). The van der Waals surface area contributed by atoms with Crippen LogP contribution in [-0.4, -0.2) is 26.8 Å². The summed E-state index contributed by atoms with van der Waals surface area (Å²) in [5, 5.41) is 3.16. The number of alkyl halides is 1. The first-order valence-corrected chi connectivity index (χ1v) is 5.97. The van der Waals surface area contributed by atoms with Gasteiger partial charge in [0.05, 0.1) is 19.8 Å². The van der Waals surface area contributed by atoms with Crippen LogP contribution in [-0.2, 0) is 4.74 Å². The van der Waals surface area contributed by atoms with Crippen molar-refractivity contribution in [3.8, 4) is 5.75 Å². The molecule has 0 saturated carbocycles. The number of morpholine rings is 1. The van der Waals surface area contributed by atoms with E-state index in [9.17, 15) is 8.78 Å². The van der Waals surface area contributed by atoms with Crippen LogP contribution in [0.15, 0.2) is 12.1 Å². The second-order valence-corrected chi connectivity index (χ2v) is 4.30. The molecule has 3 nitrogen and oxygen atoms in total. The molecule has 0 amide bonds. The molecule has 5 heteroatoms. The molecule has 0 bridgehead atoms. The quantitative estimate of drug-likeness (QED) is 0.902. The summed E-state index contributed by atoms with van der Waals surface area (Å²) in [5.74, 6) is -0.420. The van der Waals surface area contributed by atoms with Crippen molar-refractivity contribution in [3.05, 3.63) is 29.1 Å². The Balaban J connectivity index is 2.41. The van der Waals surface area contributed by atoms with Gasteiger partial charge in [-0.2, -0.15) is 0 Å². The number of nitrogens with one attached hydrogen (secondary N) is 1. The number of rotatable bonds is 3. The second-order valence-electron chi connectivity index (χ2n) is 4.30. The lowest BCUT2D eigenvalue weighted by Gasteiger charge is -2.26. The molecule has 100 valence electrons. The predicted octanol–water partition coefficient (Wildman–Crippen LogP) is 2.53. The minimum absolute atomic E-state index is 0.133. The molecule has 0 radical (unpaired) electrons. The van der Waals surface area contributed by atoms with Crippen molar-refractivity contribution in [3.63, 3.8) is 0 Å². The van der Waals surface area contributed by atoms with Gasteiger partial charge in [0.2, 0.25) is 0 Å². The van der Waals surface area contributed by atoms with Crippen LogP contribution in [0.4, 0.5) is 8.78 Å². The third-order valence-electron chi connectivity index (χ3n) is 3.03. The normalized spacial score (nSPS) is 21.7. The smallest absolute Gasteiger partial charge is 0.165 e. The summed E-state index contributed by atoms with van der Waals surface area (Å²) in [7, 11) is 1.40. The van der Waals surface area contributed by atoms with Crippen molar-refractivity contribution in [2.75, 3.05) is 26.8 Å². The van der Waals surface area contributed by atoms with E-state index in [1.165, 1.54) is 20.1 Å². The van der Waals surface area contributed by atoms with Crippen molar-refractivity contribution in [1.82, 2.24) is 5.32 Å². The predicted molar refractivity (Wildman–Crippen MR) is 64.0 cm³/mol. The van der Waals surface area contributed by atoms with Crippen LogP contribution in [0.2, 0.25) is 0 Å². The zero-order valence-electron chi connectivity index (χ0n) is 10.5. The summed E-state index contributed by atoms with van der Waals surface area (Å²) in [6.07, 6.45) is -1.53. The van der Waals surface area contributed by atoms with Crippen molar-refractivity contribution in [1.29, 1.82) is 0 Å². The summed E-state index contributed by atoms with van der Waals surface area (Å²) in [6.45, 7) is 3.26. The van der Waals surface area contributed by atoms with E-state index in [0.29, 0.717) is 24.3 Å². The second kappa shape index (κ2) is 5.63. The zero-order chi connectivity index (χ0) is 13.1. The lowest BCUT2D eigenvalue weighted by molar-refractivity contribution is 0.0258. The lowest BCUT2D eigenvalue weighted by atomic mass is 10.0. The number of ether oxygens (including phenoxy) is 2. The van der Waals surface area contributed by atoms with Crippen molar-refractivity contribution in [2.45, 2.75) is 19.2 Å². The zero-order valence-corrected chi connectivity index (χ0v) is 10.5. The molecule has 1 fully saturated rings. The van der Waals surface area contributed by atoms with Crippen LogP contribution in [0.25, 0.3) is 0 Å². The first-order valence-electron chi connectivity index (χ1n) is 5.97. The van der Waals surface area contributed by atoms with Crippen LogP contribution in [0, 0.1) is 5.82 Å². The van der Waals surface area contributed by atoms with E-state index in [-0.39, 0.29) is 11.9 Å². The van der Waals surface area contributed by atoms with E-state index >= 15 is 0 Å². The largest absolute Gasteiger partial charge is 0.493 e. The summed E-state index contributed by atoms with van der Waals surface area (Å²) in [4.78, 5) is 0. The van der Waals surface area contributed by atoms with E-state index in [1.807, 2.05) is 0 Å².